The minimum Gasteiger partial charge on any atom is -0.358 e. The Kier molecular flexibility index (Phi) is 6.02. The number of nitrogens with zero attached hydrogens (tertiary/aromatic N) is 3. The highest BCUT2D eigenvalue weighted by Gasteiger charge is 2.41. The van der Waals surface area contributed by atoms with E-state index in [1.165, 1.54) is 5.56 Å². The Balaban J connectivity index is 1.40. The number of amides is 3. The molecule has 2 aromatic rings. The van der Waals surface area contributed by atoms with E-state index in [4.69, 9.17) is 0 Å². The fourth-order valence-corrected chi connectivity index (χ4v) is 5.29. The minimum atomic E-state index is -0.251. The second-order valence-corrected chi connectivity index (χ2v) is 9.80. The lowest BCUT2D eigenvalue weighted by atomic mass is 10.0. The van der Waals surface area contributed by atoms with Gasteiger partial charge in [0.05, 0.1) is 11.4 Å². The zero-order chi connectivity index (χ0) is 23.8. The molecule has 3 heterocycles. The Labute approximate surface area is 200 Å². The third kappa shape index (κ3) is 4.15. The molecule has 2 saturated heterocycles. The van der Waals surface area contributed by atoms with Crippen molar-refractivity contribution >= 4 is 34.8 Å². The van der Waals surface area contributed by atoms with E-state index in [9.17, 15) is 14.4 Å². The number of benzene rings is 2. The summed E-state index contributed by atoms with van der Waals surface area (Å²) in [4.78, 5) is 45.0. The van der Waals surface area contributed by atoms with Gasteiger partial charge in [0.25, 0.3) is 5.91 Å². The van der Waals surface area contributed by atoms with Crippen molar-refractivity contribution in [1.29, 1.82) is 0 Å². The lowest BCUT2D eigenvalue weighted by molar-refractivity contribution is -0.122. The second kappa shape index (κ2) is 9.12. The van der Waals surface area contributed by atoms with Gasteiger partial charge in [0.15, 0.2) is 0 Å². The molecular formula is C27H32N4O3. The van der Waals surface area contributed by atoms with E-state index in [0.29, 0.717) is 22.9 Å². The summed E-state index contributed by atoms with van der Waals surface area (Å²) in [6.07, 6.45) is 3.76. The summed E-state index contributed by atoms with van der Waals surface area (Å²) in [6, 6.07) is 13.2. The van der Waals surface area contributed by atoms with Crippen LogP contribution in [0.3, 0.4) is 0 Å². The molecule has 3 aliphatic heterocycles. The van der Waals surface area contributed by atoms with Crippen molar-refractivity contribution in [2.24, 2.45) is 0 Å². The van der Waals surface area contributed by atoms with E-state index in [1.54, 1.807) is 11.0 Å². The van der Waals surface area contributed by atoms with Gasteiger partial charge in [-0.1, -0.05) is 26.0 Å². The Morgan fingerprint density at radius 1 is 0.971 bits per heavy atom. The van der Waals surface area contributed by atoms with Gasteiger partial charge in [0.1, 0.15) is 12.6 Å². The van der Waals surface area contributed by atoms with E-state index in [2.05, 4.69) is 24.1 Å². The van der Waals surface area contributed by atoms with Gasteiger partial charge in [-0.25, -0.2) is 0 Å². The van der Waals surface area contributed by atoms with Gasteiger partial charge < -0.3 is 15.1 Å². The maximum atomic E-state index is 13.4. The highest BCUT2D eigenvalue weighted by molar-refractivity contribution is 6.11. The number of hydrogen-bond acceptors (Lipinski definition) is 4. The third-order valence-corrected chi connectivity index (χ3v) is 7.18. The van der Waals surface area contributed by atoms with E-state index < -0.39 is 0 Å². The van der Waals surface area contributed by atoms with Crippen molar-refractivity contribution in [3.63, 3.8) is 0 Å². The molecule has 5 rings (SSSR count). The predicted molar refractivity (Wildman–Crippen MR) is 133 cm³/mol. The monoisotopic (exact) mass is 460 g/mol. The molecule has 0 saturated carbocycles. The van der Waals surface area contributed by atoms with Crippen molar-refractivity contribution in [2.45, 2.75) is 51.5 Å². The molecule has 1 N–H and O–H groups in total. The van der Waals surface area contributed by atoms with Crippen LogP contribution in [0.4, 0.5) is 17.1 Å². The first-order valence-corrected chi connectivity index (χ1v) is 12.3. The van der Waals surface area contributed by atoms with Crippen molar-refractivity contribution in [1.82, 2.24) is 4.90 Å². The lowest BCUT2D eigenvalue weighted by Crippen LogP contribution is -2.52. The minimum absolute atomic E-state index is 0.00839. The first-order valence-electron chi connectivity index (χ1n) is 12.3. The number of fused-ring (bicyclic) bond motifs is 3. The Bertz CT molecular complexity index is 1110. The Morgan fingerprint density at radius 2 is 1.71 bits per heavy atom. The maximum absolute atomic E-state index is 13.4. The van der Waals surface area contributed by atoms with Crippen LogP contribution in [0, 0.1) is 0 Å². The molecule has 3 amide bonds. The van der Waals surface area contributed by atoms with Crippen LogP contribution in [0.5, 0.6) is 0 Å². The van der Waals surface area contributed by atoms with Crippen molar-refractivity contribution in [2.75, 3.05) is 41.3 Å². The molecule has 0 aliphatic carbocycles. The molecule has 2 fully saturated rings. The molecule has 0 bridgehead atoms. The van der Waals surface area contributed by atoms with Crippen LogP contribution in [0.1, 0.15) is 61.4 Å². The zero-order valence-corrected chi connectivity index (χ0v) is 19.9. The molecule has 0 spiro atoms. The fraction of sp³-hybridized carbons (Fsp3) is 0.444. The average Bonchev–Trinajstić information content (AvgIpc) is 3.54. The van der Waals surface area contributed by atoms with Crippen molar-refractivity contribution < 1.29 is 14.4 Å². The van der Waals surface area contributed by atoms with Crippen LogP contribution in [0.2, 0.25) is 0 Å². The van der Waals surface area contributed by atoms with Crippen LogP contribution in [-0.2, 0) is 9.59 Å². The summed E-state index contributed by atoms with van der Waals surface area (Å²) in [5.41, 5.74) is 4.06. The molecule has 0 radical (unpaired) electrons. The SMILES string of the molecule is CC(C)c1ccc(NC(=O)CN2C(=O)[C@H]3CCCN3c3ccc(C(=O)N4CCCC4)cc32)cc1. The number of anilines is 3. The normalized spacial score (nSPS) is 19.4. The number of rotatable bonds is 5. The molecule has 7 nitrogen and oxygen atoms in total. The number of likely N-dealkylation sites (tertiary alicyclic amines) is 1. The van der Waals surface area contributed by atoms with Crippen LogP contribution in [-0.4, -0.2) is 54.8 Å². The summed E-state index contributed by atoms with van der Waals surface area (Å²) < 4.78 is 0. The molecule has 178 valence electrons. The van der Waals surface area contributed by atoms with Crippen LogP contribution < -0.4 is 15.1 Å². The topological polar surface area (TPSA) is 73.0 Å². The fourth-order valence-electron chi connectivity index (χ4n) is 5.29. The summed E-state index contributed by atoms with van der Waals surface area (Å²) in [5.74, 6) is 0.0883. The second-order valence-electron chi connectivity index (χ2n) is 9.80. The third-order valence-electron chi connectivity index (χ3n) is 7.18. The quantitative estimate of drug-likeness (QED) is 0.732. The molecule has 1 atom stereocenters. The van der Waals surface area contributed by atoms with Crippen molar-refractivity contribution in [3.05, 3.63) is 53.6 Å². The lowest BCUT2D eigenvalue weighted by Gasteiger charge is -2.39. The molecule has 34 heavy (non-hydrogen) atoms. The Hall–Kier alpha value is -3.35. The molecule has 0 aromatic heterocycles. The number of carbonyl (C=O) groups excluding carboxylic acids is 3. The first kappa shape index (κ1) is 22.4. The van der Waals surface area contributed by atoms with Gasteiger partial charge in [-0.15, -0.1) is 0 Å². The van der Waals surface area contributed by atoms with Crippen LogP contribution in [0.25, 0.3) is 0 Å². The molecule has 0 unspecified atom stereocenters. The summed E-state index contributed by atoms with van der Waals surface area (Å²) >= 11 is 0. The smallest absolute Gasteiger partial charge is 0.253 e. The van der Waals surface area contributed by atoms with Gasteiger partial charge >= 0.3 is 0 Å². The summed E-state index contributed by atoms with van der Waals surface area (Å²) in [7, 11) is 0. The van der Waals surface area contributed by atoms with Gasteiger partial charge in [-0.05, 0) is 67.5 Å². The standard InChI is InChI=1S/C27H32N4O3/c1-18(2)19-7-10-21(11-8-19)28-25(32)17-31-24-16-20(26(33)29-13-3-4-14-29)9-12-22(24)30-15-5-6-23(30)27(31)34/h7-12,16,18,23H,3-6,13-15,17H2,1-2H3,(H,28,32)/t23-/m1/s1. The predicted octanol–water partition coefficient (Wildman–Crippen LogP) is 4.00. The van der Waals surface area contributed by atoms with Gasteiger partial charge in [0.2, 0.25) is 11.8 Å². The molecular weight excluding hydrogens is 428 g/mol. The van der Waals surface area contributed by atoms with E-state index >= 15 is 0 Å². The van der Waals surface area contributed by atoms with E-state index in [1.807, 2.05) is 41.3 Å². The molecule has 2 aromatic carbocycles. The highest BCUT2D eigenvalue weighted by atomic mass is 16.2. The largest absolute Gasteiger partial charge is 0.358 e. The zero-order valence-electron chi connectivity index (χ0n) is 19.9. The van der Waals surface area contributed by atoms with Crippen LogP contribution >= 0.6 is 0 Å². The average molecular weight is 461 g/mol. The number of nitrogens with one attached hydrogen (secondary N) is 1. The summed E-state index contributed by atoms with van der Waals surface area (Å²) in [5, 5.41) is 2.93. The van der Waals surface area contributed by atoms with Gasteiger partial charge in [0, 0.05) is 30.9 Å². The van der Waals surface area contributed by atoms with Crippen LogP contribution in [0.15, 0.2) is 42.5 Å². The van der Waals surface area contributed by atoms with Crippen molar-refractivity contribution in [3.8, 4) is 0 Å². The maximum Gasteiger partial charge on any atom is 0.253 e. The first-order chi connectivity index (χ1) is 16.4. The number of hydrogen-bond donors (Lipinski definition) is 1. The Morgan fingerprint density at radius 3 is 2.41 bits per heavy atom. The van der Waals surface area contributed by atoms with Gasteiger partial charge in [-0.2, -0.15) is 0 Å². The van der Waals surface area contributed by atoms with E-state index in [-0.39, 0.29) is 30.3 Å². The molecule has 7 heteroatoms. The number of carbonyl (C=O) groups is 3. The molecule has 3 aliphatic rings. The summed E-state index contributed by atoms with van der Waals surface area (Å²) in [6.45, 7) is 6.52. The van der Waals surface area contributed by atoms with E-state index in [0.717, 1.165) is 51.0 Å². The van der Waals surface area contributed by atoms with Gasteiger partial charge in [-0.3, -0.25) is 19.3 Å². The highest BCUT2D eigenvalue weighted by Crippen LogP contribution is 2.40.